The number of benzene rings is 2. The van der Waals surface area contributed by atoms with E-state index < -0.39 is 0 Å². The van der Waals surface area contributed by atoms with Crippen molar-refractivity contribution in [2.75, 3.05) is 39.3 Å². The third-order valence-corrected chi connectivity index (χ3v) is 8.95. The van der Waals surface area contributed by atoms with Gasteiger partial charge in [-0.05, 0) is 74.7 Å². The van der Waals surface area contributed by atoms with Crippen molar-refractivity contribution in [3.63, 3.8) is 0 Å². The van der Waals surface area contributed by atoms with Crippen LogP contribution in [0.4, 0.5) is 0 Å². The van der Waals surface area contributed by atoms with Gasteiger partial charge >= 0.3 is 5.84 Å². The smallest absolute Gasteiger partial charge is 0.301 e. The second-order valence-electron chi connectivity index (χ2n) is 10.7. The third kappa shape index (κ3) is 5.40. The highest BCUT2D eigenvalue weighted by atomic mass is 35.5. The zero-order valence-corrected chi connectivity index (χ0v) is 23.4. The van der Waals surface area contributed by atoms with E-state index in [0.29, 0.717) is 41.6 Å². The maximum absolute atomic E-state index is 13.4. The highest BCUT2D eigenvalue weighted by molar-refractivity contribution is 6.36. The van der Waals surface area contributed by atoms with Crippen molar-refractivity contribution < 1.29 is 9.53 Å². The number of hydrogen-bond acceptors (Lipinski definition) is 5. The molecule has 6 rings (SSSR count). The first-order chi connectivity index (χ1) is 19.0. The Morgan fingerprint density at radius 3 is 2.49 bits per heavy atom. The van der Waals surface area contributed by atoms with Crippen LogP contribution in [0.15, 0.2) is 60.4 Å². The van der Waals surface area contributed by atoms with Gasteiger partial charge in [0.25, 0.3) is 5.91 Å². The van der Waals surface area contributed by atoms with Crippen LogP contribution < -0.4 is 5.32 Å². The standard InChI is InChI=1S/C30H33Cl2N5O2/c31-26-6-3-7-27(32)25(26)20-35-15-16-37(39)29-28(35)17-23(18-33-29)21-8-10-22(11-9-21)30(38)36-14-4-5-24(36)19-34-12-1-2-13-34/h3,6-11,17-18,24,33H,1-2,4-5,12-16,19-20H2. The Balaban J connectivity index is 1.20. The number of hydroxylamine groups is 1. The van der Waals surface area contributed by atoms with Gasteiger partial charge in [0, 0.05) is 52.4 Å². The molecule has 1 unspecified atom stereocenters. The molecule has 39 heavy (non-hydrogen) atoms. The van der Waals surface area contributed by atoms with Gasteiger partial charge in [-0.15, -0.1) is 0 Å². The minimum Gasteiger partial charge on any atom is -0.715 e. The molecule has 7 nitrogen and oxygen atoms in total. The van der Waals surface area contributed by atoms with Gasteiger partial charge in [0.15, 0.2) is 0 Å². The van der Waals surface area contributed by atoms with Gasteiger partial charge in [0.1, 0.15) is 12.2 Å². The summed E-state index contributed by atoms with van der Waals surface area (Å²) in [5.41, 5.74) is 4.26. The summed E-state index contributed by atoms with van der Waals surface area (Å²) >= 11 is 12.9. The fourth-order valence-electron chi connectivity index (χ4n) is 6.09. The van der Waals surface area contributed by atoms with Gasteiger partial charge < -0.3 is 19.9 Å². The molecule has 4 aliphatic rings. The average Bonchev–Trinajstić information content (AvgIpc) is 3.64. The van der Waals surface area contributed by atoms with Crippen molar-refractivity contribution >= 4 is 40.5 Å². The number of amides is 1. The summed E-state index contributed by atoms with van der Waals surface area (Å²) in [6, 6.07) is 13.6. The van der Waals surface area contributed by atoms with E-state index in [-0.39, 0.29) is 5.91 Å². The van der Waals surface area contributed by atoms with E-state index in [1.807, 2.05) is 54.7 Å². The molecule has 1 N–H and O–H groups in total. The number of halogens is 2. The second-order valence-corrected chi connectivity index (χ2v) is 11.5. The van der Waals surface area contributed by atoms with E-state index in [1.165, 1.54) is 12.8 Å². The Bertz CT molecular complexity index is 1330. The van der Waals surface area contributed by atoms with Gasteiger partial charge in [0.2, 0.25) is 0 Å². The molecule has 0 saturated carbocycles. The summed E-state index contributed by atoms with van der Waals surface area (Å²) in [5.74, 6) is 0.628. The molecule has 2 aromatic carbocycles. The minimum atomic E-state index is 0.116. The van der Waals surface area contributed by atoms with E-state index >= 15 is 0 Å². The molecular weight excluding hydrogens is 533 g/mol. The molecule has 1 amide bonds. The second kappa shape index (κ2) is 11.2. The molecule has 0 aliphatic carbocycles. The lowest BCUT2D eigenvalue weighted by molar-refractivity contribution is -0.465. The molecule has 2 fully saturated rings. The fraction of sp³-hybridized carbons (Fsp3) is 0.400. The number of nitrogens with zero attached hydrogens (tertiary/aromatic N) is 4. The third-order valence-electron chi connectivity index (χ3n) is 8.24. The van der Waals surface area contributed by atoms with E-state index in [4.69, 9.17) is 23.2 Å². The summed E-state index contributed by atoms with van der Waals surface area (Å²) in [5, 5.41) is 17.0. The maximum atomic E-state index is 13.4. The zero-order valence-electron chi connectivity index (χ0n) is 21.9. The first kappa shape index (κ1) is 26.2. The number of allylic oxidation sites excluding steroid dienone is 2. The van der Waals surface area contributed by atoms with Gasteiger partial charge in [-0.2, -0.15) is 0 Å². The molecule has 0 aromatic heterocycles. The van der Waals surface area contributed by atoms with Gasteiger partial charge in [-0.3, -0.25) is 9.53 Å². The highest BCUT2D eigenvalue weighted by Gasteiger charge is 2.32. The lowest BCUT2D eigenvalue weighted by atomic mass is 10.00. The van der Waals surface area contributed by atoms with Crippen molar-refractivity contribution in [2.45, 2.75) is 38.3 Å². The molecule has 4 heterocycles. The Morgan fingerprint density at radius 2 is 1.74 bits per heavy atom. The average molecular weight is 567 g/mol. The van der Waals surface area contributed by atoms with Crippen LogP contribution in [-0.4, -0.2) is 76.5 Å². The summed E-state index contributed by atoms with van der Waals surface area (Å²) in [6.45, 7) is 5.51. The van der Waals surface area contributed by atoms with E-state index in [0.717, 1.165) is 71.7 Å². The number of dihydropyridines is 1. The Kier molecular flexibility index (Phi) is 7.56. The zero-order chi connectivity index (χ0) is 26.9. The Morgan fingerprint density at radius 1 is 1.00 bits per heavy atom. The summed E-state index contributed by atoms with van der Waals surface area (Å²) in [6.07, 6.45) is 8.54. The van der Waals surface area contributed by atoms with Crippen LogP contribution in [0.2, 0.25) is 10.0 Å². The number of amidine groups is 1. The molecule has 9 heteroatoms. The molecule has 1 atom stereocenters. The van der Waals surface area contributed by atoms with E-state index in [9.17, 15) is 10.0 Å². The van der Waals surface area contributed by atoms with Crippen LogP contribution in [0, 0.1) is 5.21 Å². The van der Waals surface area contributed by atoms with Crippen LogP contribution in [-0.2, 0) is 6.54 Å². The number of likely N-dealkylation sites (tertiary alicyclic amines) is 2. The number of nitrogens with one attached hydrogen (secondary N) is 1. The molecule has 0 spiro atoms. The van der Waals surface area contributed by atoms with Crippen LogP contribution in [0.1, 0.15) is 47.2 Å². The Labute approximate surface area is 239 Å². The van der Waals surface area contributed by atoms with Crippen molar-refractivity contribution in [3.8, 4) is 0 Å². The van der Waals surface area contributed by atoms with Crippen molar-refractivity contribution in [3.05, 3.63) is 92.4 Å². The first-order valence-electron chi connectivity index (χ1n) is 13.8. The normalized spacial score (nSPS) is 21.5. The first-order valence-corrected chi connectivity index (χ1v) is 14.6. The SMILES string of the molecule is O=C(c1ccc(C2=CNC3=[N+]([O-])CCN(Cc4c(Cl)cccc4Cl)C3=C2)cc1)N1CCCC1CN1CCCC1. The number of carbonyl (C=O) groups excluding carboxylic acids is 1. The predicted octanol–water partition coefficient (Wildman–Crippen LogP) is 4.95. The van der Waals surface area contributed by atoms with E-state index in [1.54, 1.807) is 0 Å². The van der Waals surface area contributed by atoms with Crippen LogP contribution >= 0.6 is 23.2 Å². The molecule has 0 bridgehead atoms. The number of hydrogen-bond donors (Lipinski definition) is 1. The Hall–Kier alpha value is -3.00. The fourth-order valence-corrected chi connectivity index (χ4v) is 6.61. The maximum Gasteiger partial charge on any atom is 0.301 e. The number of carbonyl (C=O) groups is 1. The lowest BCUT2D eigenvalue weighted by Crippen LogP contribution is -2.46. The lowest BCUT2D eigenvalue weighted by Gasteiger charge is -2.34. The van der Waals surface area contributed by atoms with Gasteiger partial charge in [-0.25, -0.2) is 5.32 Å². The molecular formula is C30H33Cl2N5O2. The summed E-state index contributed by atoms with van der Waals surface area (Å²) in [4.78, 5) is 20.1. The van der Waals surface area contributed by atoms with Crippen LogP contribution in [0.5, 0.6) is 0 Å². The largest absolute Gasteiger partial charge is 0.715 e. The summed E-state index contributed by atoms with van der Waals surface area (Å²) < 4.78 is 0.986. The quantitative estimate of drug-likeness (QED) is 0.396. The highest BCUT2D eigenvalue weighted by Crippen LogP contribution is 2.30. The minimum absolute atomic E-state index is 0.116. The summed E-state index contributed by atoms with van der Waals surface area (Å²) in [7, 11) is 0. The van der Waals surface area contributed by atoms with Crippen LogP contribution in [0.3, 0.4) is 0 Å². The van der Waals surface area contributed by atoms with Crippen LogP contribution in [0.25, 0.3) is 5.57 Å². The molecule has 204 valence electrons. The van der Waals surface area contributed by atoms with Crippen molar-refractivity contribution in [2.24, 2.45) is 0 Å². The van der Waals surface area contributed by atoms with E-state index in [2.05, 4.69) is 20.0 Å². The van der Waals surface area contributed by atoms with Crippen molar-refractivity contribution in [1.82, 2.24) is 20.0 Å². The molecule has 2 aromatic rings. The molecule has 2 saturated heterocycles. The predicted molar refractivity (Wildman–Crippen MR) is 156 cm³/mol. The van der Waals surface area contributed by atoms with Crippen molar-refractivity contribution in [1.29, 1.82) is 0 Å². The topological polar surface area (TPSA) is 64.9 Å². The van der Waals surface area contributed by atoms with Gasteiger partial charge in [0.05, 0.1) is 12.7 Å². The van der Waals surface area contributed by atoms with Gasteiger partial charge in [-0.1, -0.05) is 41.4 Å². The molecule has 4 aliphatic heterocycles. The number of fused-ring (bicyclic) bond motifs is 1. The molecule has 0 radical (unpaired) electrons. The monoisotopic (exact) mass is 565 g/mol. The number of rotatable bonds is 6.